The number of carbonyl (C=O) groups is 1. The van der Waals surface area contributed by atoms with E-state index >= 15 is 0 Å². The van der Waals surface area contributed by atoms with E-state index in [4.69, 9.17) is 10.8 Å². The molecule has 0 atom stereocenters. The Morgan fingerprint density at radius 3 is 2.47 bits per heavy atom. The van der Waals surface area contributed by atoms with Crippen LogP contribution < -0.4 is 11.4 Å². The van der Waals surface area contributed by atoms with Crippen molar-refractivity contribution in [2.24, 2.45) is 5.73 Å². The Bertz CT molecular complexity index is 655. The Balaban J connectivity index is 2.45. The molecule has 5 N–H and O–H groups in total. The van der Waals surface area contributed by atoms with Crippen LogP contribution in [0.3, 0.4) is 0 Å². The number of hydrogen-bond donors (Lipinski definition) is 4. The number of nitrogens with one attached hydrogen (secondary N) is 1. The van der Waals surface area contributed by atoms with E-state index in [9.17, 15) is 14.7 Å². The number of H-pyrrole nitrogens is 1. The Hall–Kier alpha value is -2.54. The number of nitrogens with two attached hydrogens (primary N) is 1. The van der Waals surface area contributed by atoms with Crippen molar-refractivity contribution in [2.45, 2.75) is 13.1 Å². The average Bonchev–Trinajstić information content (AvgIpc) is 2.66. The summed E-state index contributed by atoms with van der Waals surface area (Å²) in [5.74, 6) is -1.60. The summed E-state index contributed by atoms with van der Waals surface area (Å²) in [4.78, 5) is 24.6. The molecule has 1 aromatic carbocycles. The lowest BCUT2D eigenvalue weighted by Gasteiger charge is -2.02. The molecule has 0 fully saturated rings. The van der Waals surface area contributed by atoms with Crippen molar-refractivity contribution in [3.05, 3.63) is 40.3 Å². The van der Waals surface area contributed by atoms with Crippen LogP contribution in [0.4, 0.5) is 0 Å². The van der Waals surface area contributed by atoms with Crippen LogP contribution in [-0.2, 0) is 17.9 Å². The first-order valence-electron chi connectivity index (χ1n) is 5.56. The number of benzene rings is 1. The van der Waals surface area contributed by atoms with Crippen molar-refractivity contribution in [3.8, 4) is 17.1 Å². The third-order valence-corrected chi connectivity index (χ3v) is 2.73. The summed E-state index contributed by atoms with van der Waals surface area (Å²) in [6.45, 7) is -0.204. The zero-order valence-electron chi connectivity index (χ0n) is 9.96. The number of carboxylic acids is 1. The maximum atomic E-state index is 11.6. The number of aromatic nitrogens is 2. The van der Waals surface area contributed by atoms with Gasteiger partial charge in [0.1, 0.15) is 12.2 Å². The zero-order chi connectivity index (χ0) is 14.0. The fourth-order valence-electron chi connectivity index (χ4n) is 1.75. The molecule has 19 heavy (non-hydrogen) atoms. The van der Waals surface area contributed by atoms with Gasteiger partial charge in [-0.3, -0.25) is 9.36 Å². The van der Waals surface area contributed by atoms with Gasteiger partial charge < -0.3 is 20.9 Å². The molecule has 0 amide bonds. The number of rotatable bonds is 4. The molecule has 2 aromatic rings. The van der Waals surface area contributed by atoms with Crippen LogP contribution in [0.1, 0.15) is 5.56 Å². The van der Waals surface area contributed by atoms with Gasteiger partial charge in [-0.05, 0) is 5.56 Å². The number of aromatic amines is 1. The molecule has 0 bridgehead atoms. The van der Waals surface area contributed by atoms with Crippen LogP contribution in [-0.4, -0.2) is 25.7 Å². The Kier molecular flexibility index (Phi) is 3.39. The highest BCUT2D eigenvalue weighted by Gasteiger charge is 2.16. The lowest BCUT2D eigenvalue weighted by Crippen LogP contribution is -2.21. The first-order chi connectivity index (χ1) is 9.02. The minimum Gasteiger partial charge on any atom is -0.493 e. The molecule has 100 valence electrons. The summed E-state index contributed by atoms with van der Waals surface area (Å²) in [5, 5.41) is 18.5. The first kappa shape index (κ1) is 12.9. The van der Waals surface area contributed by atoms with Crippen molar-refractivity contribution >= 4 is 5.97 Å². The number of carboxylic acid groups (broad SMARTS) is 1. The second-order valence-corrected chi connectivity index (χ2v) is 4.01. The molecule has 1 aromatic heterocycles. The molecule has 7 heteroatoms. The molecule has 7 nitrogen and oxygen atoms in total. The second kappa shape index (κ2) is 4.99. The van der Waals surface area contributed by atoms with E-state index < -0.39 is 24.1 Å². The van der Waals surface area contributed by atoms with Crippen molar-refractivity contribution < 1.29 is 15.0 Å². The van der Waals surface area contributed by atoms with E-state index in [0.29, 0.717) is 12.1 Å². The van der Waals surface area contributed by atoms with Gasteiger partial charge in [-0.2, -0.15) is 0 Å². The van der Waals surface area contributed by atoms with Crippen molar-refractivity contribution in [1.29, 1.82) is 0 Å². The number of hydrogen-bond acceptors (Lipinski definition) is 4. The third-order valence-electron chi connectivity index (χ3n) is 2.73. The van der Waals surface area contributed by atoms with Crippen LogP contribution in [0.15, 0.2) is 29.1 Å². The quantitative estimate of drug-likeness (QED) is 0.623. The summed E-state index contributed by atoms with van der Waals surface area (Å²) in [5.41, 5.74) is 6.49. The van der Waals surface area contributed by atoms with Gasteiger partial charge in [0.05, 0.1) is 0 Å². The lowest BCUT2D eigenvalue weighted by atomic mass is 10.1. The standard InChI is InChI=1S/C12H13N3O4/c13-5-7-1-3-8(4-2-7)10-11(18)15(6-9(16)17)12(19)14-10/h1-4,18H,5-6,13H2,(H,14,19)(H,16,17). The summed E-state index contributed by atoms with van der Waals surface area (Å²) < 4.78 is 0.758. The molecule has 0 radical (unpaired) electrons. The lowest BCUT2D eigenvalue weighted by molar-refractivity contribution is -0.137. The number of aromatic hydroxyl groups is 1. The summed E-state index contributed by atoms with van der Waals surface area (Å²) in [6, 6.07) is 6.92. The van der Waals surface area contributed by atoms with Gasteiger partial charge in [0.15, 0.2) is 0 Å². The largest absolute Gasteiger partial charge is 0.493 e. The van der Waals surface area contributed by atoms with Gasteiger partial charge in [-0.1, -0.05) is 24.3 Å². The summed E-state index contributed by atoms with van der Waals surface area (Å²) >= 11 is 0. The Morgan fingerprint density at radius 1 is 1.32 bits per heavy atom. The topological polar surface area (TPSA) is 121 Å². The monoisotopic (exact) mass is 263 g/mol. The van der Waals surface area contributed by atoms with E-state index in [0.717, 1.165) is 10.1 Å². The van der Waals surface area contributed by atoms with E-state index in [1.165, 1.54) is 0 Å². The number of imidazole rings is 1. The van der Waals surface area contributed by atoms with Crippen LogP contribution in [0.25, 0.3) is 11.3 Å². The highest BCUT2D eigenvalue weighted by atomic mass is 16.4. The van der Waals surface area contributed by atoms with Crippen molar-refractivity contribution in [1.82, 2.24) is 9.55 Å². The molecule has 0 saturated carbocycles. The average molecular weight is 263 g/mol. The number of nitrogens with zero attached hydrogens (tertiary/aromatic N) is 1. The minimum atomic E-state index is -1.21. The van der Waals surface area contributed by atoms with Crippen molar-refractivity contribution in [3.63, 3.8) is 0 Å². The minimum absolute atomic E-state index is 0.190. The summed E-state index contributed by atoms with van der Waals surface area (Å²) in [6.07, 6.45) is 0. The third kappa shape index (κ3) is 2.50. The predicted octanol–water partition coefficient (Wildman–Crippen LogP) is 0.0923. The SMILES string of the molecule is NCc1ccc(-c2[nH]c(=O)n(CC(=O)O)c2O)cc1. The summed E-state index contributed by atoms with van der Waals surface area (Å²) in [7, 11) is 0. The smallest absolute Gasteiger partial charge is 0.329 e. The normalized spacial score (nSPS) is 10.6. The maximum Gasteiger partial charge on any atom is 0.329 e. The highest BCUT2D eigenvalue weighted by molar-refractivity contribution is 5.69. The Labute approximate surface area is 107 Å². The fourth-order valence-corrected chi connectivity index (χ4v) is 1.75. The Morgan fingerprint density at radius 2 is 1.95 bits per heavy atom. The van der Waals surface area contributed by atoms with Gasteiger partial charge >= 0.3 is 11.7 Å². The van der Waals surface area contributed by atoms with E-state index in [1.54, 1.807) is 24.3 Å². The molecule has 0 aliphatic carbocycles. The van der Waals surface area contributed by atoms with Gasteiger partial charge in [0, 0.05) is 12.1 Å². The van der Waals surface area contributed by atoms with E-state index in [2.05, 4.69) is 4.98 Å². The van der Waals surface area contributed by atoms with Gasteiger partial charge in [0.2, 0.25) is 5.88 Å². The molecule has 0 spiro atoms. The van der Waals surface area contributed by atoms with Gasteiger partial charge in [-0.15, -0.1) is 0 Å². The van der Waals surface area contributed by atoms with Gasteiger partial charge in [-0.25, -0.2) is 4.79 Å². The van der Waals surface area contributed by atoms with Crippen LogP contribution in [0, 0.1) is 0 Å². The number of aliphatic carboxylic acids is 1. The van der Waals surface area contributed by atoms with Crippen molar-refractivity contribution in [2.75, 3.05) is 0 Å². The highest BCUT2D eigenvalue weighted by Crippen LogP contribution is 2.25. The van der Waals surface area contributed by atoms with Crippen LogP contribution >= 0.6 is 0 Å². The van der Waals surface area contributed by atoms with Gasteiger partial charge in [0.25, 0.3) is 0 Å². The van der Waals surface area contributed by atoms with E-state index in [-0.39, 0.29) is 5.69 Å². The second-order valence-electron chi connectivity index (χ2n) is 4.01. The molecule has 0 saturated heterocycles. The first-order valence-corrected chi connectivity index (χ1v) is 5.56. The fraction of sp³-hybridized carbons (Fsp3) is 0.167. The van der Waals surface area contributed by atoms with Crippen LogP contribution in [0.2, 0.25) is 0 Å². The molecule has 2 rings (SSSR count). The maximum absolute atomic E-state index is 11.6. The molecule has 1 heterocycles. The predicted molar refractivity (Wildman–Crippen MR) is 67.7 cm³/mol. The van der Waals surface area contributed by atoms with Crippen LogP contribution in [0.5, 0.6) is 5.88 Å². The molecular weight excluding hydrogens is 250 g/mol. The zero-order valence-corrected chi connectivity index (χ0v) is 9.96. The molecule has 0 aliphatic heterocycles. The molecular formula is C12H13N3O4. The van der Waals surface area contributed by atoms with E-state index in [1.807, 2.05) is 0 Å². The molecule has 0 aliphatic rings. The molecule has 0 unspecified atom stereocenters.